The van der Waals surface area contributed by atoms with Crippen LogP contribution >= 0.6 is 0 Å². The molecule has 1 amide bonds. The maximum Gasteiger partial charge on any atom is 0.349 e. The van der Waals surface area contributed by atoms with E-state index in [0.29, 0.717) is 36.6 Å². The minimum atomic E-state index is -0.870. The fourth-order valence-corrected chi connectivity index (χ4v) is 4.15. The Morgan fingerprint density at radius 3 is 2.68 bits per heavy atom. The zero-order valence-electron chi connectivity index (χ0n) is 19.8. The van der Waals surface area contributed by atoms with Crippen LogP contribution in [0.25, 0.3) is 6.08 Å². The van der Waals surface area contributed by atoms with Crippen LogP contribution in [0, 0.1) is 41.2 Å². The Hall–Kier alpha value is -3.93. The zero-order chi connectivity index (χ0) is 25.0. The van der Waals surface area contributed by atoms with E-state index in [-0.39, 0.29) is 11.3 Å². The molecular formula is C25H28N4O5. The summed E-state index contributed by atoms with van der Waals surface area (Å²) in [5, 5.41) is 20.5. The highest BCUT2D eigenvalue weighted by atomic mass is 16.6. The lowest BCUT2D eigenvalue weighted by molar-refractivity contribution is -0.384. The first-order valence-corrected chi connectivity index (χ1v) is 11.2. The number of hydrogen-bond acceptors (Lipinski definition) is 6. The lowest BCUT2D eigenvalue weighted by Crippen LogP contribution is -2.38. The van der Waals surface area contributed by atoms with Crippen LogP contribution in [0.3, 0.4) is 0 Å². The SMILES string of the molecule is Cc1cc(/C=C(\C#N)C(=O)OCC(=O)N2CCCc3cc([N+](=O)[O-])ccc32)c(C)n1CC(C)C. The van der Waals surface area contributed by atoms with Gasteiger partial charge in [-0.3, -0.25) is 14.9 Å². The number of benzene rings is 1. The molecule has 1 aromatic heterocycles. The van der Waals surface area contributed by atoms with E-state index in [0.717, 1.165) is 23.5 Å². The minimum absolute atomic E-state index is 0.0315. The number of nitro groups is 1. The summed E-state index contributed by atoms with van der Waals surface area (Å²) in [5.74, 6) is -0.875. The molecule has 0 fully saturated rings. The van der Waals surface area contributed by atoms with Crippen LogP contribution in [0.5, 0.6) is 0 Å². The summed E-state index contributed by atoms with van der Waals surface area (Å²) < 4.78 is 7.30. The van der Waals surface area contributed by atoms with Gasteiger partial charge in [0.1, 0.15) is 11.6 Å². The molecule has 9 nitrogen and oxygen atoms in total. The van der Waals surface area contributed by atoms with Gasteiger partial charge in [-0.1, -0.05) is 13.8 Å². The molecule has 1 aliphatic heterocycles. The van der Waals surface area contributed by atoms with E-state index in [2.05, 4.69) is 18.4 Å². The number of anilines is 1. The van der Waals surface area contributed by atoms with Gasteiger partial charge < -0.3 is 14.2 Å². The van der Waals surface area contributed by atoms with E-state index in [9.17, 15) is 25.0 Å². The predicted molar refractivity (Wildman–Crippen MR) is 127 cm³/mol. The molecular weight excluding hydrogens is 436 g/mol. The number of carbonyl (C=O) groups excluding carboxylic acids is 2. The van der Waals surface area contributed by atoms with Gasteiger partial charge in [-0.05, 0) is 61.9 Å². The van der Waals surface area contributed by atoms with Gasteiger partial charge in [0.25, 0.3) is 11.6 Å². The van der Waals surface area contributed by atoms with Gasteiger partial charge in [0.15, 0.2) is 6.61 Å². The maximum absolute atomic E-state index is 12.8. The van der Waals surface area contributed by atoms with Crippen molar-refractivity contribution in [2.45, 2.75) is 47.1 Å². The minimum Gasteiger partial charge on any atom is -0.451 e. The predicted octanol–water partition coefficient (Wildman–Crippen LogP) is 4.10. The Kier molecular flexibility index (Phi) is 7.51. The zero-order valence-corrected chi connectivity index (χ0v) is 19.8. The molecule has 3 rings (SSSR count). The van der Waals surface area contributed by atoms with Gasteiger partial charge in [-0.15, -0.1) is 0 Å². The van der Waals surface area contributed by atoms with E-state index in [1.54, 1.807) is 6.07 Å². The second-order valence-electron chi connectivity index (χ2n) is 8.80. The number of carbonyl (C=O) groups is 2. The lowest BCUT2D eigenvalue weighted by Gasteiger charge is -2.29. The molecule has 1 aromatic carbocycles. The Bertz CT molecular complexity index is 1200. The largest absolute Gasteiger partial charge is 0.451 e. The molecule has 0 aliphatic carbocycles. The number of amides is 1. The number of aromatic nitrogens is 1. The molecule has 0 spiro atoms. The first-order chi connectivity index (χ1) is 16.1. The van der Waals surface area contributed by atoms with Crippen LogP contribution in [0.15, 0.2) is 29.8 Å². The van der Waals surface area contributed by atoms with Crippen molar-refractivity contribution < 1.29 is 19.2 Å². The van der Waals surface area contributed by atoms with Crippen LogP contribution in [-0.2, 0) is 27.3 Å². The maximum atomic E-state index is 12.8. The number of esters is 1. The number of nitro benzene ring substituents is 1. The van der Waals surface area contributed by atoms with Crippen molar-refractivity contribution in [3.63, 3.8) is 0 Å². The van der Waals surface area contributed by atoms with Crippen molar-refractivity contribution in [3.05, 3.63) is 62.5 Å². The van der Waals surface area contributed by atoms with Crippen molar-refractivity contribution in [1.29, 1.82) is 5.26 Å². The number of aryl methyl sites for hydroxylation is 2. The normalized spacial score (nSPS) is 13.4. The summed E-state index contributed by atoms with van der Waals surface area (Å²) >= 11 is 0. The van der Waals surface area contributed by atoms with Crippen LogP contribution in [-0.4, -0.2) is 34.5 Å². The van der Waals surface area contributed by atoms with Gasteiger partial charge >= 0.3 is 5.97 Å². The van der Waals surface area contributed by atoms with E-state index < -0.39 is 23.4 Å². The number of nitrogens with zero attached hydrogens (tertiary/aromatic N) is 4. The molecule has 2 heterocycles. The second-order valence-corrected chi connectivity index (χ2v) is 8.80. The summed E-state index contributed by atoms with van der Waals surface area (Å²) in [4.78, 5) is 37.3. The quantitative estimate of drug-likeness (QED) is 0.200. The van der Waals surface area contributed by atoms with Crippen molar-refractivity contribution in [3.8, 4) is 6.07 Å². The number of ether oxygens (including phenoxy) is 1. The van der Waals surface area contributed by atoms with Gasteiger partial charge in [-0.2, -0.15) is 5.26 Å². The molecule has 9 heteroatoms. The van der Waals surface area contributed by atoms with E-state index in [1.807, 2.05) is 26.0 Å². The fourth-order valence-electron chi connectivity index (χ4n) is 4.15. The monoisotopic (exact) mass is 464 g/mol. The number of rotatable bonds is 7. The molecule has 0 saturated heterocycles. The highest BCUT2D eigenvalue weighted by Gasteiger charge is 2.25. The summed E-state index contributed by atoms with van der Waals surface area (Å²) in [6.07, 6.45) is 2.75. The molecule has 178 valence electrons. The highest BCUT2D eigenvalue weighted by molar-refractivity contribution is 6.01. The molecule has 0 radical (unpaired) electrons. The summed E-state index contributed by atoms with van der Waals surface area (Å²) in [6.45, 7) is 8.86. The van der Waals surface area contributed by atoms with E-state index in [4.69, 9.17) is 4.74 Å². The average Bonchev–Trinajstić information content (AvgIpc) is 3.06. The number of hydrogen-bond donors (Lipinski definition) is 0. The number of fused-ring (bicyclic) bond motifs is 1. The Morgan fingerprint density at radius 1 is 1.29 bits per heavy atom. The Balaban J connectivity index is 1.71. The van der Waals surface area contributed by atoms with Crippen molar-refractivity contribution in [1.82, 2.24) is 4.57 Å². The number of nitriles is 1. The van der Waals surface area contributed by atoms with Crippen molar-refractivity contribution >= 4 is 29.3 Å². The van der Waals surface area contributed by atoms with Gasteiger partial charge in [0.05, 0.1) is 4.92 Å². The third kappa shape index (κ3) is 5.34. The smallest absolute Gasteiger partial charge is 0.349 e. The van der Waals surface area contributed by atoms with Crippen LogP contribution < -0.4 is 4.90 Å². The fraction of sp³-hybridized carbons (Fsp3) is 0.400. The molecule has 0 saturated carbocycles. The molecule has 1 aliphatic rings. The third-order valence-electron chi connectivity index (χ3n) is 5.82. The van der Waals surface area contributed by atoms with Gasteiger partial charge in [-0.25, -0.2) is 4.79 Å². The van der Waals surface area contributed by atoms with Crippen LogP contribution in [0.1, 0.15) is 42.8 Å². The Labute approximate surface area is 198 Å². The third-order valence-corrected chi connectivity index (χ3v) is 5.82. The average molecular weight is 465 g/mol. The van der Waals surface area contributed by atoms with E-state index in [1.165, 1.54) is 23.1 Å². The Morgan fingerprint density at radius 2 is 2.03 bits per heavy atom. The molecule has 0 bridgehead atoms. The van der Waals surface area contributed by atoms with E-state index >= 15 is 0 Å². The van der Waals surface area contributed by atoms with Crippen LogP contribution in [0.4, 0.5) is 11.4 Å². The molecule has 0 atom stereocenters. The summed E-state index contributed by atoms with van der Waals surface area (Å²) in [7, 11) is 0. The standard InChI is InChI=1S/C25H28N4O5/c1-16(2)14-28-17(3)10-20(18(28)4)11-21(13-26)25(31)34-15-24(30)27-9-5-6-19-12-22(29(32)33)7-8-23(19)27/h7-8,10-12,16H,5-6,9,14-15H2,1-4H3/b21-11+. The van der Waals surface area contributed by atoms with Gasteiger partial charge in [0, 0.05) is 42.3 Å². The first kappa shape index (κ1) is 24.7. The van der Waals surface area contributed by atoms with Gasteiger partial charge in [0.2, 0.25) is 0 Å². The molecule has 0 unspecified atom stereocenters. The number of non-ortho nitro benzene ring substituents is 1. The highest BCUT2D eigenvalue weighted by Crippen LogP contribution is 2.30. The first-order valence-electron chi connectivity index (χ1n) is 11.2. The second kappa shape index (κ2) is 10.3. The lowest BCUT2D eigenvalue weighted by atomic mass is 10.0. The summed E-state index contributed by atoms with van der Waals surface area (Å²) in [5.41, 5.74) is 3.79. The van der Waals surface area contributed by atoms with Crippen molar-refractivity contribution in [2.75, 3.05) is 18.1 Å². The van der Waals surface area contributed by atoms with Crippen LogP contribution in [0.2, 0.25) is 0 Å². The van der Waals surface area contributed by atoms with Crippen molar-refractivity contribution in [2.24, 2.45) is 5.92 Å². The molecule has 34 heavy (non-hydrogen) atoms. The molecule has 0 N–H and O–H groups in total. The molecule has 2 aromatic rings. The summed E-state index contributed by atoms with van der Waals surface area (Å²) in [6, 6.07) is 8.14. The topological polar surface area (TPSA) is 118 Å².